The lowest BCUT2D eigenvalue weighted by Crippen LogP contribution is -2.50. The molecule has 0 aliphatic heterocycles. The molecule has 0 aromatic rings. The van der Waals surface area contributed by atoms with Gasteiger partial charge in [-0.2, -0.15) is 0 Å². The standard InChI is InChI=1S/C13H27NO/c1-9(2)12(8-15)14-13-10(3)6-5-7-11(13)4/h9-15H,5-8H2,1-4H3. The van der Waals surface area contributed by atoms with Gasteiger partial charge >= 0.3 is 0 Å². The molecule has 0 amide bonds. The van der Waals surface area contributed by atoms with E-state index >= 15 is 0 Å². The Labute approximate surface area is 94.5 Å². The highest BCUT2D eigenvalue weighted by molar-refractivity contribution is 4.86. The summed E-state index contributed by atoms with van der Waals surface area (Å²) in [6.45, 7) is 9.27. The average Bonchev–Trinajstić information content (AvgIpc) is 2.17. The van der Waals surface area contributed by atoms with Gasteiger partial charge in [-0.3, -0.25) is 0 Å². The van der Waals surface area contributed by atoms with Gasteiger partial charge in [0.25, 0.3) is 0 Å². The molecule has 90 valence electrons. The van der Waals surface area contributed by atoms with E-state index in [4.69, 9.17) is 0 Å². The van der Waals surface area contributed by atoms with E-state index < -0.39 is 0 Å². The Morgan fingerprint density at radius 2 is 1.73 bits per heavy atom. The second-order valence-corrected chi connectivity index (χ2v) is 5.61. The molecule has 2 N–H and O–H groups in total. The Hall–Kier alpha value is -0.0800. The summed E-state index contributed by atoms with van der Waals surface area (Å²) in [6, 6.07) is 0.858. The summed E-state index contributed by atoms with van der Waals surface area (Å²) < 4.78 is 0. The molecule has 0 spiro atoms. The van der Waals surface area contributed by atoms with E-state index in [2.05, 4.69) is 33.0 Å². The summed E-state index contributed by atoms with van der Waals surface area (Å²) in [5.41, 5.74) is 0. The number of aliphatic hydroxyl groups excluding tert-OH is 1. The Morgan fingerprint density at radius 1 is 1.20 bits per heavy atom. The highest BCUT2D eigenvalue weighted by Crippen LogP contribution is 2.29. The molecule has 0 aromatic carbocycles. The highest BCUT2D eigenvalue weighted by Gasteiger charge is 2.29. The molecule has 0 saturated heterocycles. The van der Waals surface area contributed by atoms with Crippen molar-refractivity contribution in [1.29, 1.82) is 0 Å². The van der Waals surface area contributed by atoms with Gasteiger partial charge in [-0.15, -0.1) is 0 Å². The number of rotatable bonds is 4. The van der Waals surface area contributed by atoms with Crippen LogP contribution in [-0.4, -0.2) is 23.8 Å². The summed E-state index contributed by atoms with van der Waals surface area (Å²) in [4.78, 5) is 0. The second kappa shape index (κ2) is 5.86. The Kier molecular flexibility index (Phi) is 5.07. The van der Waals surface area contributed by atoms with Crippen molar-refractivity contribution in [1.82, 2.24) is 5.32 Å². The largest absolute Gasteiger partial charge is 0.395 e. The number of nitrogens with one attached hydrogen (secondary N) is 1. The first-order valence-electron chi connectivity index (χ1n) is 6.43. The van der Waals surface area contributed by atoms with Gasteiger partial charge in [0.2, 0.25) is 0 Å². The zero-order chi connectivity index (χ0) is 11.4. The molecule has 2 heteroatoms. The van der Waals surface area contributed by atoms with Crippen molar-refractivity contribution in [2.75, 3.05) is 6.61 Å². The number of hydrogen-bond acceptors (Lipinski definition) is 2. The first kappa shape index (κ1) is 13.0. The van der Waals surface area contributed by atoms with Crippen LogP contribution in [0.15, 0.2) is 0 Å². The van der Waals surface area contributed by atoms with E-state index in [9.17, 15) is 5.11 Å². The highest BCUT2D eigenvalue weighted by atomic mass is 16.3. The van der Waals surface area contributed by atoms with Gasteiger partial charge in [0.1, 0.15) is 0 Å². The van der Waals surface area contributed by atoms with Crippen LogP contribution in [0.2, 0.25) is 0 Å². The summed E-state index contributed by atoms with van der Waals surface area (Å²) in [6.07, 6.45) is 4.03. The number of aliphatic hydroxyl groups is 1. The summed E-state index contributed by atoms with van der Waals surface area (Å²) in [7, 11) is 0. The topological polar surface area (TPSA) is 32.3 Å². The SMILES string of the molecule is CC(C)C(CO)NC1C(C)CCCC1C. The average molecular weight is 213 g/mol. The van der Waals surface area contributed by atoms with Gasteiger partial charge in [-0.1, -0.05) is 34.1 Å². The smallest absolute Gasteiger partial charge is 0.0587 e. The monoisotopic (exact) mass is 213 g/mol. The fraction of sp³-hybridized carbons (Fsp3) is 1.00. The van der Waals surface area contributed by atoms with Crippen molar-refractivity contribution in [3.05, 3.63) is 0 Å². The van der Waals surface area contributed by atoms with Crippen LogP contribution in [0.4, 0.5) is 0 Å². The minimum Gasteiger partial charge on any atom is -0.395 e. The molecule has 2 nitrogen and oxygen atoms in total. The van der Waals surface area contributed by atoms with Gasteiger partial charge in [0.15, 0.2) is 0 Å². The maximum atomic E-state index is 9.34. The third-order valence-corrected chi connectivity index (χ3v) is 3.95. The third kappa shape index (κ3) is 3.46. The molecular formula is C13H27NO. The molecule has 1 saturated carbocycles. The van der Waals surface area contributed by atoms with E-state index in [1.165, 1.54) is 19.3 Å². The van der Waals surface area contributed by atoms with Crippen LogP contribution >= 0.6 is 0 Å². The van der Waals surface area contributed by atoms with Crippen LogP contribution < -0.4 is 5.32 Å². The van der Waals surface area contributed by atoms with Crippen LogP contribution in [0, 0.1) is 17.8 Å². The molecule has 1 aliphatic carbocycles. The van der Waals surface area contributed by atoms with Crippen LogP contribution in [-0.2, 0) is 0 Å². The van der Waals surface area contributed by atoms with Gasteiger partial charge < -0.3 is 10.4 Å². The molecule has 1 rings (SSSR count). The van der Waals surface area contributed by atoms with Crippen LogP contribution in [0.1, 0.15) is 47.0 Å². The van der Waals surface area contributed by atoms with Crippen molar-refractivity contribution >= 4 is 0 Å². The van der Waals surface area contributed by atoms with E-state index in [1.54, 1.807) is 0 Å². The van der Waals surface area contributed by atoms with E-state index in [0.717, 1.165) is 11.8 Å². The van der Waals surface area contributed by atoms with E-state index in [-0.39, 0.29) is 12.6 Å². The zero-order valence-electron chi connectivity index (χ0n) is 10.7. The van der Waals surface area contributed by atoms with Crippen LogP contribution in [0.25, 0.3) is 0 Å². The van der Waals surface area contributed by atoms with Crippen LogP contribution in [0.3, 0.4) is 0 Å². The van der Waals surface area contributed by atoms with Crippen molar-refractivity contribution in [3.8, 4) is 0 Å². The van der Waals surface area contributed by atoms with E-state index in [0.29, 0.717) is 12.0 Å². The lowest BCUT2D eigenvalue weighted by molar-refractivity contribution is 0.141. The van der Waals surface area contributed by atoms with Gasteiger partial charge in [0, 0.05) is 12.1 Å². The van der Waals surface area contributed by atoms with E-state index in [1.807, 2.05) is 0 Å². The molecule has 0 radical (unpaired) electrons. The van der Waals surface area contributed by atoms with Gasteiger partial charge in [0.05, 0.1) is 6.61 Å². The molecule has 3 atom stereocenters. The molecule has 1 aliphatic rings. The first-order chi connectivity index (χ1) is 7.06. The van der Waals surface area contributed by atoms with Crippen molar-refractivity contribution in [2.45, 2.75) is 59.0 Å². The maximum Gasteiger partial charge on any atom is 0.0587 e. The summed E-state index contributed by atoms with van der Waals surface area (Å²) >= 11 is 0. The predicted molar refractivity (Wildman–Crippen MR) is 64.8 cm³/mol. The Balaban J connectivity index is 2.53. The molecule has 3 unspecified atom stereocenters. The Bertz CT molecular complexity index is 171. The summed E-state index contributed by atoms with van der Waals surface area (Å²) in [5, 5.41) is 13.0. The first-order valence-corrected chi connectivity index (χ1v) is 6.43. The minimum absolute atomic E-state index is 0.258. The molecule has 1 fully saturated rings. The molecule has 0 heterocycles. The fourth-order valence-electron chi connectivity index (χ4n) is 2.71. The lowest BCUT2D eigenvalue weighted by Gasteiger charge is -2.38. The second-order valence-electron chi connectivity index (χ2n) is 5.61. The van der Waals surface area contributed by atoms with Crippen molar-refractivity contribution in [2.24, 2.45) is 17.8 Å². The minimum atomic E-state index is 0.258. The quantitative estimate of drug-likeness (QED) is 0.751. The maximum absolute atomic E-state index is 9.34. The Morgan fingerprint density at radius 3 is 2.13 bits per heavy atom. The molecular weight excluding hydrogens is 186 g/mol. The van der Waals surface area contributed by atoms with Gasteiger partial charge in [-0.25, -0.2) is 0 Å². The predicted octanol–water partition coefficient (Wildman–Crippen LogP) is 2.42. The molecule has 0 bridgehead atoms. The zero-order valence-corrected chi connectivity index (χ0v) is 10.7. The summed E-state index contributed by atoms with van der Waals surface area (Å²) in [5.74, 6) is 2.01. The molecule has 15 heavy (non-hydrogen) atoms. The fourth-order valence-corrected chi connectivity index (χ4v) is 2.71. The molecule has 0 aromatic heterocycles. The van der Waals surface area contributed by atoms with Crippen molar-refractivity contribution < 1.29 is 5.11 Å². The normalized spacial score (nSPS) is 34.4. The number of hydrogen-bond donors (Lipinski definition) is 2. The van der Waals surface area contributed by atoms with Gasteiger partial charge in [-0.05, 0) is 30.6 Å². The third-order valence-electron chi connectivity index (χ3n) is 3.95. The van der Waals surface area contributed by atoms with Crippen LogP contribution in [0.5, 0.6) is 0 Å². The van der Waals surface area contributed by atoms with Crippen molar-refractivity contribution in [3.63, 3.8) is 0 Å². The lowest BCUT2D eigenvalue weighted by atomic mass is 9.78.